The van der Waals surface area contributed by atoms with Crippen molar-refractivity contribution in [3.05, 3.63) is 29.8 Å². The minimum absolute atomic E-state index is 0.122. The Kier molecular flexibility index (Phi) is 6.03. The van der Waals surface area contributed by atoms with Crippen molar-refractivity contribution >= 4 is 10.1 Å². The van der Waals surface area contributed by atoms with Crippen LogP contribution in [0.3, 0.4) is 0 Å². The molecule has 4 nitrogen and oxygen atoms in total. The molecule has 0 amide bonds. The first-order valence-electron chi connectivity index (χ1n) is 6.04. The zero-order valence-corrected chi connectivity index (χ0v) is 12.1. The second-order valence-electron chi connectivity index (χ2n) is 4.35. The quantitative estimate of drug-likeness (QED) is 0.563. The van der Waals surface area contributed by atoms with Crippen LogP contribution in [-0.2, 0) is 14.3 Å². The summed E-state index contributed by atoms with van der Waals surface area (Å²) in [4.78, 5) is 2.12. The van der Waals surface area contributed by atoms with Crippen molar-refractivity contribution in [2.45, 2.75) is 18.2 Å². The Bertz CT molecular complexity index is 529. The molecule has 0 saturated carbocycles. The van der Waals surface area contributed by atoms with E-state index in [0.717, 1.165) is 12.1 Å². The number of aryl methyl sites for hydroxylation is 1. The van der Waals surface area contributed by atoms with Crippen LogP contribution in [0.25, 0.3) is 0 Å². The molecular weight excluding hydrogens is 262 g/mol. The van der Waals surface area contributed by atoms with Gasteiger partial charge < -0.3 is 4.90 Å². The van der Waals surface area contributed by atoms with Gasteiger partial charge in [-0.25, -0.2) is 0 Å². The number of rotatable bonds is 7. The molecule has 0 atom stereocenters. The lowest BCUT2D eigenvalue weighted by atomic mass is 10.2. The van der Waals surface area contributed by atoms with Gasteiger partial charge in [-0.05, 0) is 26.1 Å². The summed E-state index contributed by atoms with van der Waals surface area (Å²) < 4.78 is 28.7. The van der Waals surface area contributed by atoms with Crippen LogP contribution in [0.4, 0.5) is 0 Å². The minimum Gasteiger partial charge on any atom is -0.303 e. The summed E-state index contributed by atoms with van der Waals surface area (Å²) in [6.45, 7) is 3.27. The van der Waals surface area contributed by atoms with Crippen molar-refractivity contribution in [1.29, 1.82) is 0 Å². The van der Waals surface area contributed by atoms with E-state index in [-0.39, 0.29) is 11.5 Å². The first-order chi connectivity index (χ1) is 8.95. The Hall–Kier alpha value is -1.35. The molecule has 1 aromatic carbocycles. The summed E-state index contributed by atoms with van der Waals surface area (Å²) >= 11 is 0. The van der Waals surface area contributed by atoms with Gasteiger partial charge in [0.05, 0.1) is 11.5 Å². The van der Waals surface area contributed by atoms with Gasteiger partial charge in [0.25, 0.3) is 10.1 Å². The highest BCUT2D eigenvalue weighted by molar-refractivity contribution is 7.86. The summed E-state index contributed by atoms with van der Waals surface area (Å²) in [5.41, 5.74) is 1.01. The molecule has 0 aromatic heterocycles. The minimum atomic E-state index is -3.66. The summed E-state index contributed by atoms with van der Waals surface area (Å²) in [6, 6.07) is 6.59. The molecule has 0 fully saturated rings. The van der Waals surface area contributed by atoms with Gasteiger partial charge in [0.15, 0.2) is 0 Å². The largest absolute Gasteiger partial charge is 0.303 e. The molecule has 0 aliphatic heterocycles. The highest BCUT2D eigenvalue weighted by Gasteiger charge is 2.14. The predicted octanol–water partition coefficient (Wildman–Crippen LogP) is 1.66. The van der Waals surface area contributed by atoms with Crippen molar-refractivity contribution in [1.82, 2.24) is 4.90 Å². The van der Waals surface area contributed by atoms with E-state index in [2.05, 4.69) is 5.92 Å². The van der Waals surface area contributed by atoms with Crippen LogP contribution in [0.1, 0.15) is 12.0 Å². The second kappa shape index (κ2) is 7.29. The topological polar surface area (TPSA) is 46.6 Å². The molecule has 0 heterocycles. The number of hydrogen-bond donors (Lipinski definition) is 0. The van der Waals surface area contributed by atoms with Crippen molar-refractivity contribution in [2.24, 2.45) is 0 Å². The Morgan fingerprint density at radius 2 is 1.89 bits per heavy atom. The molecule has 0 saturated heterocycles. The van der Waals surface area contributed by atoms with Gasteiger partial charge in [-0.1, -0.05) is 17.7 Å². The molecule has 104 valence electrons. The molecule has 1 rings (SSSR count). The SMILES string of the molecule is C#CCCN(C)CCOS(=O)(=O)c1ccc(C)cc1. The Morgan fingerprint density at radius 3 is 2.47 bits per heavy atom. The van der Waals surface area contributed by atoms with E-state index < -0.39 is 10.1 Å². The first-order valence-corrected chi connectivity index (χ1v) is 7.44. The van der Waals surface area contributed by atoms with E-state index in [1.165, 1.54) is 0 Å². The van der Waals surface area contributed by atoms with E-state index >= 15 is 0 Å². The van der Waals surface area contributed by atoms with Gasteiger partial charge in [-0.2, -0.15) is 8.42 Å². The van der Waals surface area contributed by atoms with Gasteiger partial charge in [-0.3, -0.25) is 4.18 Å². The van der Waals surface area contributed by atoms with Gasteiger partial charge >= 0.3 is 0 Å². The summed E-state index contributed by atoms with van der Waals surface area (Å²) in [7, 11) is -1.79. The molecule has 0 N–H and O–H groups in total. The number of nitrogens with zero attached hydrogens (tertiary/aromatic N) is 1. The standard InChI is InChI=1S/C14H19NO3S/c1-4-5-10-15(3)11-12-18-19(16,17)14-8-6-13(2)7-9-14/h1,6-9H,5,10-12H2,2-3H3. The smallest absolute Gasteiger partial charge is 0.297 e. The summed E-state index contributed by atoms with van der Waals surface area (Å²) in [6.07, 6.45) is 5.80. The van der Waals surface area contributed by atoms with E-state index in [9.17, 15) is 8.42 Å². The predicted molar refractivity (Wildman–Crippen MR) is 75.3 cm³/mol. The normalized spacial score (nSPS) is 11.5. The Labute approximate surface area is 115 Å². The molecule has 0 bridgehead atoms. The maximum absolute atomic E-state index is 11.9. The molecule has 0 unspecified atom stereocenters. The second-order valence-corrected chi connectivity index (χ2v) is 5.96. The van der Waals surface area contributed by atoms with Crippen molar-refractivity contribution < 1.29 is 12.6 Å². The third-order valence-electron chi connectivity index (χ3n) is 2.66. The summed E-state index contributed by atoms with van der Waals surface area (Å²) in [5, 5.41) is 0. The average molecular weight is 281 g/mol. The summed E-state index contributed by atoms with van der Waals surface area (Å²) in [5.74, 6) is 2.54. The molecule has 19 heavy (non-hydrogen) atoms. The lowest BCUT2D eigenvalue weighted by Crippen LogP contribution is -2.25. The zero-order chi connectivity index (χ0) is 14.3. The fraction of sp³-hybridized carbons (Fsp3) is 0.429. The van der Waals surface area contributed by atoms with Crippen LogP contribution in [0.15, 0.2) is 29.2 Å². The van der Waals surface area contributed by atoms with Crippen molar-refractivity contribution in [3.63, 3.8) is 0 Å². The van der Waals surface area contributed by atoms with Crippen LogP contribution in [0, 0.1) is 19.3 Å². The molecule has 1 aromatic rings. The fourth-order valence-corrected chi connectivity index (χ4v) is 2.34. The third-order valence-corrected chi connectivity index (χ3v) is 3.99. The molecule has 5 heteroatoms. The van der Waals surface area contributed by atoms with Gasteiger partial charge in [-0.15, -0.1) is 12.3 Å². The Morgan fingerprint density at radius 1 is 1.26 bits per heavy atom. The number of hydrogen-bond acceptors (Lipinski definition) is 4. The average Bonchev–Trinajstić information content (AvgIpc) is 2.36. The molecular formula is C14H19NO3S. The molecule has 0 aliphatic carbocycles. The highest BCUT2D eigenvalue weighted by atomic mass is 32.2. The lowest BCUT2D eigenvalue weighted by molar-refractivity contribution is 0.244. The zero-order valence-electron chi connectivity index (χ0n) is 11.3. The fourth-order valence-electron chi connectivity index (χ4n) is 1.44. The van der Waals surface area contributed by atoms with Crippen LogP contribution in [-0.4, -0.2) is 40.1 Å². The van der Waals surface area contributed by atoms with Crippen LogP contribution >= 0.6 is 0 Å². The van der Waals surface area contributed by atoms with Crippen LogP contribution in [0.5, 0.6) is 0 Å². The van der Waals surface area contributed by atoms with Crippen molar-refractivity contribution in [3.8, 4) is 12.3 Å². The van der Waals surface area contributed by atoms with Crippen LogP contribution < -0.4 is 0 Å². The van der Waals surface area contributed by atoms with E-state index in [4.69, 9.17) is 10.6 Å². The van der Waals surface area contributed by atoms with E-state index in [0.29, 0.717) is 13.0 Å². The van der Waals surface area contributed by atoms with Gasteiger partial charge in [0.1, 0.15) is 0 Å². The van der Waals surface area contributed by atoms with Gasteiger partial charge in [0, 0.05) is 19.5 Å². The molecule has 0 radical (unpaired) electrons. The monoisotopic (exact) mass is 281 g/mol. The van der Waals surface area contributed by atoms with Crippen LogP contribution in [0.2, 0.25) is 0 Å². The third kappa shape index (κ3) is 5.43. The van der Waals surface area contributed by atoms with Crippen molar-refractivity contribution in [2.75, 3.05) is 26.7 Å². The number of likely N-dealkylation sites (N-methyl/N-ethyl adjacent to an activating group) is 1. The highest BCUT2D eigenvalue weighted by Crippen LogP contribution is 2.12. The number of benzene rings is 1. The first kappa shape index (κ1) is 15.7. The maximum atomic E-state index is 11.9. The molecule has 0 spiro atoms. The molecule has 0 aliphatic rings. The number of terminal acetylenes is 1. The van der Waals surface area contributed by atoms with Gasteiger partial charge in [0.2, 0.25) is 0 Å². The lowest BCUT2D eigenvalue weighted by Gasteiger charge is -2.14. The Balaban J connectivity index is 2.48. The van der Waals surface area contributed by atoms with E-state index in [1.807, 2.05) is 18.9 Å². The maximum Gasteiger partial charge on any atom is 0.297 e. The van der Waals surface area contributed by atoms with E-state index in [1.54, 1.807) is 24.3 Å².